The number of nitrogens with zero attached hydrogens (tertiary/aromatic N) is 1. The Balaban J connectivity index is 1.94. The average Bonchev–Trinajstić information content (AvgIpc) is 2.71. The summed E-state index contributed by atoms with van der Waals surface area (Å²) in [5, 5.41) is 11.5. The zero-order valence-corrected chi connectivity index (χ0v) is 15.5. The van der Waals surface area contributed by atoms with Gasteiger partial charge in [-0.1, -0.05) is 30.3 Å². The first-order valence-corrected chi connectivity index (χ1v) is 8.74. The largest absolute Gasteiger partial charge is 0.507 e. The molecule has 0 spiro atoms. The third kappa shape index (κ3) is 5.07. The van der Waals surface area contributed by atoms with E-state index in [0.29, 0.717) is 11.5 Å². The Labute approximate surface area is 171 Å². The van der Waals surface area contributed by atoms with Gasteiger partial charge in [0, 0.05) is 11.8 Å². The summed E-state index contributed by atoms with van der Waals surface area (Å²) in [4.78, 5) is 3.93. The van der Waals surface area contributed by atoms with Crippen LogP contribution in [0, 0.1) is 0 Å². The lowest BCUT2D eigenvalue weighted by Crippen LogP contribution is -2.34. The molecule has 0 aliphatic rings. The summed E-state index contributed by atoms with van der Waals surface area (Å²) in [6.07, 6.45) is -7.93. The Morgan fingerprint density at radius 2 is 1.68 bits per heavy atom. The third-order valence-corrected chi connectivity index (χ3v) is 4.30. The monoisotopic (exact) mass is 445 g/mol. The highest BCUT2D eigenvalue weighted by atomic mass is 19.4. The van der Waals surface area contributed by atoms with Crippen molar-refractivity contribution in [1.82, 2.24) is 0 Å². The lowest BCUT2D eigenvalue weighted by Gasteiger charge is -2.19. The van der Waals surface area contributed by atoms with Crippen molar-refractivity contribution >= 4 is 22.7 Å². The Morgan fingerprint density at radius 3 is 2.35 bits per heavy atom. The van der Waals surface area contributed by atoms with Crippen molar-refractivity contribution in [2.45, 2.75) is 18.5 Å². The number of hydrogen-bond acceptors (Lipinski definition) is 3. The van der Waals surface area contributed by atoms with E-state index in [1.807, 2.05) is 0 Å². The van der Waals surface area contributed by atoms with Crippen LogP contribution in [0.1, 0.15) is 11.1 Å². The van der Waals surface area contributed by atoms with E-state index in [2.05, 4.69) is 9.73 Å². The number of phenolic OH excluding ortho intramolecular Hbond substituents is 1. The van der Waals surface area contributed by atoms with E-state index in [4.69, 9.17) is 0 Å². The van der Waals surface area contributed by atoms with Crippen LogP contribution >= 0.6 is 0 Å². The van der Waals surface area contributed by atoms with Gasteiger partial charge in [0.2, 0.25) is 0 Å². The highest BCUT2D eigenvalue weighted by molar-refractivity contribution is 6.03. The predicted molar refractivity (Wildman–Crippen MR) is 101 cm³/mol. The molecule has 0 fully saturated rings. The van der Waals surface area contributed by atoms with Crippen molar-refractivity contribution in [1.29, 1.82) is 0 Å². The van der Waals surface area contributed by atoms with Crippen molar-refractivity contribution in [3.8, 4) is 11.5 Å². The topological polar surface area (TPSA) is 41.8 Å². The molecule has 0 atom stereocenters. The molecule has 0 bridgehead atoms. The summed E-state index contributed by atoms with van der Waals surface area (Å²) in [7, 11) is 0. The van der Waals surface area contributed by atoms with Crippen molar-refractivity contribution < 1.29 is 40.6 Å². The predicted octanol–water partition coefficient (Wildman–Crippen LogP) is 6.59. The number of ether oxygens (including phenoxy) is 1. The van der Waals surface area contributed by atoms with E-state index in [1.54, 1.807) is 30.3 Å². The van der Waals surface area contributed by atoms with Crippen LogP contribution in [0.2, 0.25) is 0 Å². The minimum atomic E-state index is -5.01. The highest BCUT2D eigenvalue weighted by Gasteiger charge is 2.43. The fraction of sp³-hybridized carbons (Fsp3) is 0.190. The first-order chi connectivity index (χ1) is 14.5. The molecule has 3 aromatic rings. The Bertz CT molecular complexity index is 1110. The Morgan fingerprint density at radius 1 is 0.968 bits per heavy atom. The van der Waals surface area contributed by atoms with Crippen molar-refractivity contribution in [3.63, 3.8) is 0 Å². The van der Waals surface area contributed by atoms with Gasteiger partial charge in [0.05, 0.1) is 11.3 Å². The van der Waals surface area contributed by atoms with E-state index in [9.17, 15) is 35.8 Å². The fourth-order valence-corrected chi connectivity index (χ4v) is 2.74. The summed E-state index contributed by atoms with van der Waals surface area (Å²) >= 11 is 0. The van der Waals surface area contributed by atoms with Gasteiger partial charge in [-0.15, -0.1) is 0 Å². The van der Waals surface area contributed by atoms with Crippen molar-refractivity contribution in [2.75, 3.05) is 6.61 Å². The van der Waals surface area contributed by atoms with Gasteiger partial charge >= 0.3 is 18.5 Å². The molecule has 0 aliphatic carbocycles. The molecule has 3 aromatic carbocycles. The lowest BCUT2D eigenvalue weighted by atomic mass is 10.0. The molecule has 0 amide bonds. The fourth-order valence-electron chi connectivity index (χ4n) is 2.74. The van der Waals surface area contributed by atoms with Crippen LogP contribution in [0.4, 0.5) is 36.4 Å². The van der Waals surface area contributed by atoms with E-state index in [0.717, 1.165) is 17.5 Å². The molecule has 1 N–H and O–H groups in total. The molecule has 0 radical (unpaired) electrons. The third-order valence-electron chi connectivity index (χ3n) is 4.30. The molecule has 0 aliphatic heterocycles. The van der Waals surface area contributed by atoms with Crippen LogP contribution < -0.4 is 4.74 Å². The van der Waals surface area contributed by atoms with Gasteiger partial charge in [-0.2, -0.15) is 22.0 Å². The number of aromatic hydroxyl groups is 1. The van der Waals surface area contributed by atoms with Gasteiger partial charge in [-0.25, -0.2) is 8.78 Å². The second-order valence-corrected chi connectivity index (χ2v) is 6.51. The number of benzene rings is 3. The molecule has 0 saturated heterocycles. The van der Waals surface area contributed by atoms with E-state index < -0.39 is 36.4 Å². The van der Waals surface area contributed by atoms with Gasteiger partial charge in [-0.05, 0) is 35.0 Å². The molecule has 0 heterocycles. The molecule has 3 rings (SSSR count). The minimum absolute atomic E-state index is 0.146. The zero-order valence-electron chi connectivity index (χ0n) is 15.5. The first kappa shape index (κ1) is 22.4. The summed E-state index contributed by atoms with van der Waals surface area (Å²) in [5.74, 6) is -5.78. The normalized spacial score (nSPS) is 12.8. The van der Waals surface area contributed by atoms with Crippen LogP contribution in [0.5, 0.6) is 11.5 Å². The molecule has 3 nitrogen and oxygen atoms in total. The van der Waals surface area contributed by atoms with Gasteiger partial charge < -0.3 is 9.84 Å². The zero-order chi connectivity index (χ0) is 22.8. The molecule has 10 heteroatoms. The van der Waals surface area contributed by atoms with E-state index in [1.165, 1.54) is 12.3 Å². The maximum Gasteiger partial charge on any atom is 0.420 e. The number of aliphatic imine (C=N–C) groups is 1. The van der Waals surface area contributed by atoms with Crippen LogP contribution in [0.25, 0.3) is 10.8 Å². The van der Waals surface area contributed by atoms with Crippen LogP contribution in [-0.2, 0) is 6.18 Å². The summed E-state index contributed by atoms with van der Waals surface area (Å²) in [6, 6.07) is 12.3. The maximum atomic E-state index is 13.3. The average molecular weight is 445 g/mol. The molecule has 0 aromatic heterocycles. The Kier molecular flexibility index (Phi) is 6.10. The SMILES string of the molecule is Oc1ccc2ccccc2c1C=Nc1ccc(OCC(F)(F)C(F)F)c(C(F)(F)F)c1. The van der Waals surface area contributed by atoms with Gasteiger partial charge in [0.1, 0.15) is 11.5 Å². The lowest BCUT2D eigenvalue weighted by molar-refractivity contribution is -0.153. The standard InChI is InChI=1S/C21H14F7NO2/c22-19(23)20(24,25)11-31-18-8-6-13(9-16(18)21(26,27)28)29-10-15-14-4-2-1-3-12(14)5-7-17(15)30/h1-10,19,30H,11H2. The number of alkyl halides is 7. The quantitative estimate of drug-likeness (QED) is 0.343. The minimum Gasteiger partial charge on any atom is -0.507 e. The van der Waals surface area contributed by atoms with Crippen LogP contribution in [0.15, 0.2) is 59.6 Å². The molecule has 31 heavy (non-hydrogen) atoms. The van der Waals surface area contributed by atoms with Gasteiger partial charge in [0.15, 0.2) is 6.61 Å². The maximum absolute atomic E-state index is 13.3. The molecule has 0 saturated carbocycles. The number of fused-ring (bicyclic) bond motifs is 1. The summed E-state index contributed by atoms with van der Waals surface area (Å²) in [5.41, 5.74) is -1.40. The smallest absolute Gasteiger partial charge is 0.420 e. The Hall–Kier alpha value is -3.30. The number of hydrogen-bond donors (Lipinski definition) is 1. The van der Waals surface area contributed by atoms with Crippen LogP contribution in [-0.4, -0.2) is 30.3 Å². The van der Waals surface area contributed by atoms with Crippen molar-refractivity contribution in [3.05, 3.63) is 65.7 Å². The van der Waals surface area contributed by atoms with E-state index in [-0.39, 0.29) is 17.0 Å². The molecular formula is C21H14F7NO2. The second-order valence-electron chi connectivity index (χ2n) is 6.51. The molecular weight excluding hydrogens is 431 g/mol. The summed E-state index contributed by atoms with van der Waals surface area (Å²) < 4.78 is 94.8. The van der Waals surface area contributed by atoms with Crippen LogP contribution in [0.3, 0.4) is 0 Å². The second kappa shape index (κ2) is 8.44. The molecule has 0 unspecified atom stereocenters. The van der Waals surface area contributed by atoms with Gasteiger partial charge in [0.25, 0.3) is 0 Å². The van der Waals surface area contributed by atoms with E-state index >= 15 is 0 Å². The molecule has 164 valence electrons. The first-order valence-electron chi connectivity index (χ1n) is 8.74. The number of phenols is 1. The number of rotatable bonds is 6. The highest BCUT2D eigenvalue weighted by Crippen LogP contribution is 2.39. The summed E-state index contributed by atoms with van der Waals surface area (Å²) in [6.45, 7) is -1.92. The van der Waals surface area contributed by atoms with Gasteiger partial charge in [-0.3, -0.25) is 4.99 Å². The number of halogens is 7. The van der Waals surface area contributed by atoms with Crippen molar-refractivity contribution in [2.24, 2.45) is 4.99 Å².